The Kier molecular flexibility index (Phi) is 2.65. The second kappa shape index (κ2) is 3.53. The average molecular weight is 156 g/mol. The normalized spacial score (nSPS) is 18.5. The van der Waals surface area contributed by atoms with Gasteiger partial charge in [-0.3, -0.25) is 0 Å². The monoisotopic (exact) mass is 156 g/mol. The molecule has 1 aliphatic carbocycles. The second-order valence-electron chi connectivity index (χ2n) is 2.76. The first kappa shape index (κ1) is 8.27. The zero-order chi connectivity index (χ0) is 8.27. The standard InChI is InChI=1S/C8H12O3/c1-11-5-7(4-8(9)10)6-2-3-6/h4,6H,2-3,5H2,1H3,(H,9,10). The van der Waals surface area contributed by atoms with Crippen LogP contribution < -0.4 is 0 Å². The van der Waals surface area contributed by atoms with Gasteiger partial charge in [0.2, 0.25) is 0 Å². The van der Waals surface area contributed by atoms with E-state index in [9.17, 15) is 4.79 Å². The second-order valence-corrected chi connectivity index (χ2v) is 2.76. The maximum atomic E-state index is 10.3. The van der Waals surface area contributed by atoms with Crippen molar-refractivity contribution in [2.45, 2.75) is 12.8 Å². The molecule has 62 valence electrons. The van der Waals surface area contributed by atoms with Gasteiger partial charge in [0.05, 0.1) is 6.61 Å². The minimum Gasteiger partial charge on any atom is -0.478 e. The summed E-state index contributed by atoms with van der Waals surface area (Å²) in [7, 11) is 1.58. The Morgan fingerprint density at radius 3 is 2.73 bits per heavy atom. The highest BCUT2D eigenvalue weighted by Gasteiger charge is 2.26. The summed E-state index contributed by atoms with van der Waals surface area (Å²) in [6.07, 6.45) is 3.49. The number of carboxylic acids is 1. The summed E-state index contributed by atoms with van der Waals surface area (Å²) >= 11 is 0. The molecule has 0 aromatic rings. The molecule has 0 bridgehead atoms. The first-order valence-corrected chi connectivity index (χ1v) is 3.66. The topological polar surface area (TPSA) is 46.5 Å². The van der Waals surface area contributed by atoms with Crippen LogP contribution in [0.3, 0.4) is 0 Å². The zero-order valence-electron chi connectivity index (χ0n) is 6.54. The van der Waals surface area contributed by atoms with Crippen molar-refractivity contribution in [2.75, 3.05) is 13.7 Å². The van der Waals surface area contributed by atoms with Crippen LogP contribution in [-0.4, -0.2) is 24.8 Å². The van der Waals surface area contributed by atoms with Crippen LogP contribution in [0, 0.1) is 5.92 Å². The molecule has 0 aromatic heterocycles. The molecular formula is C8H12O3. The van der Waals surface area contributed by atoms with Crippen LogP contribution in [0.25, 0.3) is 0 Å². The average Bonchev–Trinajstić information content (AvgIpc) is 2.66. The van der Waals surface area contributed by atoms with Gasteiger partial charge in [-0.2, -0.15) is 0 Å². The molecule has 3 nitrogen and oxygen atoms in total. The van der Waals surface area contributed by atoms with Crippen LogP contribution in [0.5, 0.6) is 0 Å². The van der Waals surface area contributed by atoms with Gasteiger partial charge in [-0.25, -0.2) is 4.79 Å². The molecule has 3 heteroatoms. The molecular weight excluding hydrogens is 144 g/mol. The molecule has 0 amide bonds. The number of hydrogen-bond donors (Lipinski definition) is 1. The Balaban J connectivity index is 2.50. The Hall–Kier alpha value is -0.830. The summed E-state index contributed by atoms with van der Waals surface area (Å²) in [6, 6.07) is 0. The van der Waals surface area contributed by atoms with Crippen molar-refractivity contribution < 1.29 is 14.6 Å². The lowest BCUT2D eigenvalue weighted by Crippen LogP contribution is -2.00. The fourth-order valence-corrected chi connectivity index (χ4v) is 1.06. The molecule has 0 saturated heterocycles. The first-order valence-electron chi connectivity index (χ1n) is 3.66. The summed E-state index contributed by atoms with van der Waals surface area (Å²) in [5.41, 5.74) is 0.917. The molecule has 11 heavy (non-hydrogen) atoms. The Labute approximate surface area is 65.7 Å². The van der Waals surface area contributed by atoms with Gasteiger partial charge in [0.15, 0.2) is 0 Å². The van der Waals surface area contributed by atoms with E-state index in [1.54, 1.807) is 7.11 Å². The molecule has 0 aromatic carbocycles. The Bertz CT molecular complexity index is 180. The largest absolute Gasteiger partial charge is 0.478 e. The summed E-state index contributed by atoms with van der Waals surface area (Å²) < 4.78 is 4.87. The quantitative estimate of drug-likeness (QED) is 0.619. The van der Waals surface area contributed by atoms with Crippen LogP contribution in [0.15, 0.2) is 11.6 Å². The number of rotatable bonds is 4. The van der Waals surface area contributed by atoms with Crippen molar-refractivity contribution in [1.29, 1.82) is 0 Å². The van der Waals surface area contributed by atoms with E-state index in [4.69, 9.17) is 9.84 Å². The molecule has 0 radical (unpaired) electrons. The highest BCUT2D eigenvalue weighted by molar-refractivity contribution is 5.80. The predicted molar refractivity (Wildman–Crippen MR) is 40.3 cm³/mol. The molecule has 1 fully saturated rings. The number of hydrogen-bond acceptors (Lipinski definition) is 2. The molecule has 0 atom stereocenters. The minimum atomic E-state index is -0.871. The van der Waals surface area contributed by atoms with Gasteiger partial charge in [0, 0.05) is 13.2 Å². The van der Waals surface area contributed by atoms with Gasteiger partial charge in [-0.1, -0.05) is 0 Å². The number of ether oxygens (including phenoxy) is 1. The van der Waals surface area contributed by atoms with E-state index in [0.29, 0.717) is 12.5 Å². The lowest BCUT2D eigenvalue weighted by Gasteiger charge is -2.01. The summed E-state index contributed by atoms with van der Waals surface area (Å²) in [5, 5.41) is 8.46. The van der Waals surface area contributed by atoms with Gasteiger partial charge in [0.1, 0.15) is 0 Å². The number of carboxylic acid groups (broad SMARTS) is 1. The predicted octanol–water partition coefficient (Wildman–Crippen LogP) is 1.05. The third-order valence-electron chi connectivity index (χ3n) is 1.72. The summed E-state index contributed by atoms with van der Waals surface area (Å²) in [4.78, 5) is 10.3. The zero-order valence-corrected chi connectivity index (χ0v) is 6.54. The van der Waals surface area contributed by atoms with E-state index in [1.807, 2.05) is 0 Å². The minimum absolute atomic E-state index is 0.455. The Morgan fingerprint density at radius 1 is 1.73 bits per heavy atom. The number of methoxy groups -OCH3 is 1. The van der Waals surface area contributed by atoms with E-state index in [-0.39, 0.29) is 0 Å². The molecule has 1 N–H and O–H groups in total. The number of aliphatic carboxylic acids is 1. The SMILES string of the molecule is COCC(=CC(=O)O)C1CC1. The van der Waals surface area contributed by atoms with Crippen molar-refractivity contribution in [3.63, 3.8) is 0 Å². The fourth-order valence-electron chi connectivity index (χ4n) is 1.06. The van der Waals surface area contributed by atoms with Gasteiger partial charge >= 0.3 is 5.97 Å². The third kappa shape index (κ3) is 2.72. The van der Waals surface area contributed by atoms with Crippen LogP contribution in [0.4, 0.5) is 0 Å². The van der Waals surface area contributed by atoms with Crippen molar-refractivity contribution in [1.82, 2.24) is 0 Å². The fraction of sp³-hybridized carbons (Fsp3) is 0.625. The highest BCUT2D eigenvalue weighted by atomic mass is 16.5. The van der Waals surface area contributed by atoms with Crippen molar-refractivity contribution in [2.24, 2.45) is 5.92 Å². The molecule has 1 saturated carbocycles. The molecule has 0 spiro atoms. The van der Waals surface area contributed by atoms with Gasteiger partial charge in [-0.05, 0) is 24.3 Å². The van der Waals surface area contributed by atoms with Crippen LogP contribution in [-0.2, 0) is 9.53 Å². The lowest BCUT2D eigenvalue weighted by atomic mass is 10.2. The van der Waals surface area contributed by atoms with E-state index in [1.165, 1.54) is 6.08 Å². The van der Waals surface area contributed by atoms with E-state index >= 15 is 0 Å². The van der Waals surface area contributed by atoms with Crippen molar-refractivity contribution in [3.8, 4) is 0 Å². The molecule has 0 heterocycles. The van der Waals surface area contributed by atoms with E-state index in [0.717, 1.165) is 18.4 Å². The van der Waals surface area contributed by atoms with Crippen molar-refractivity contribution in [3.05, 3.63) is 11.6 Å². The first-order chi connectivity index (χ1) is 5.24. The Morgan fingerprint density at radius 2 is 2.36 bits per heavy atom. The maximum absolute atomic E-state index is 10.3. The number of carbonyl (C=O) groups is 1. The molecule has 0 aliphatic heterocycles. The van der Waals surface area contributed by atoms with E-state index in [2.05, 4.69) is 0 Å². The van der Waals surface area contributed by atoms with Crippen LogP contribution in [0.2, 0.25) is 0 Å². The van der Waals surface area contributed by atoms with E-state index < -0.39 is 5.97 Å². The highest BCUT2D eigenvalue weighted by Crippen LogP contribution is 2.36. The molecule has 1 aliphatic rings. The van der Waals surface area contributed by atoms with Crippen LogP contribution in [0.1, 0.15) is 12.8 Å². The van der Waals surface area contributed by atoms with Gasteiger partial charge in [-0.15, -0.1) is 0 Å². The third-order valence-corrected chi connectivity index (χ3v) is 1.72. The molecule has 0 unspecified atom stereocenters. The summed E-state index contributed by atoms with van der Waals surface area (Å²) in [6.45, 7) is 0.455. The maximum Gasteiger partial charge on any atom is 0.328 e. The van der Waals surface area contributed by atoms with Gasteiger partial charge < -0.3 is 9.84 Å². The van der Waals surface area contributed by atoms with Crippen LogP contribution >= 0.6 is 0 Å². The van der Waals surface area contributed by atoms with Gasteiger partial charge in [0.25, 0.3) is 0 Å². The molecule has 1 rings (SSSR count). The van der Waals surface area contributed by atoms with Crippen molar-refractivity contribution >= 4 is 5.97 Å². The lowest BCUT2D eigenvalue weighted by molar-refractivity contribution is -0.131. The summed E-state index contributed by atoms with van der Waals surface area (Å²) in [5.74, 6) is -0.394. The smallest absolute Gasteiger partial charge is 0.328 e.